The fourth-order valence-electron chi connectivity index (χ4n) is 7.96. The molecule has 0 unspecified atom stereocenters. The number of fused-ring (bicyclic) bond motifs is 3. The van der Waals surface area contributed by atoms with Crippen LogP contribution in [0, 0.1) is 5.82 Å². The van der Waals surface area contributed by atoms with Gasteiger partial charge in [-0.3, -0.25) is 10.00 Å². The number of allylic oxidation sites excluding steroid dienone is 1. The summed E-state index contributed by atoms with van der Waals surface area (Å²) in [5.74, 6) is 0.150. The second-order valence-electron chi connectivity index (χ2n) is 12.8. The summed E-state index contributed by atoms with van der Waals surface area (Å²) < 4.78 is 43.8. The molecular weight excluding hydrogens is 586 g/mol. The highest BCUT2D eigenvalue weighted by Gasteiger charge is 2.49. The molecule has 6 heterocycles. The van der Waals surface area contributed by atoms with Crippen LogP contribution in [0.4, 0.5) is 14.6 Å². The lowest BCUT2D eigenvalue weighted by atomic mass is 9.85. The standard InChI is InChI=1S/C33H35ClF2N6O2/c1-2-5-21-25(34)14-26-24(16-37-40-26)27(21)22-6-7-23-29(28(22)36)38-31(43-19-32-8-3-12-42(32)17-20(35)15-32)39-30(23)41-11-4-9-33(18-41)10-13-44-33/h2,5-7,14,16,20H,3-4,8-13,15,17-19H2,1H3,(H,37,40)/b5-2-/t20-,32+,33+/m1/s1. The van der Waals surface area contributed by atoms with Crippen molar-refractivity contribution >= 4 is 45.3 Å². The van der Waals surface area contributed by atoms with Gasteiger partial charge in [0.25, 0.3) is 0 Å². The van der Waals surface area contributed by atoms with E-state index in [0.29, 0.717) is 57.9 Å². The van der Waals surface area contributed by atoms with Gasteiger partial charge in [0, 0.05) is 59.9 Å². The van der Waals surface area contributed by atoms with Crippen molar-refractivity contribution in [3.05, 3.63) is 46.9 Å². The van der Waals surface area contributed by atoms with E-state index >= 15 is 4.39 Å². The first-order valence-corrected chi connectivity index (χ1v) is 16.0. The third-order valence-corrected chi connectivity index (χ3v) is 10.5. The van der Waals surface area contributed by atoms with Crippen molar-refractivity contribution in [2.24, 2.45) is 0 Å². The van der Waals surface area contributed by atoms with Gasteiger partial charge in [0.05, 0.1) is 34.5 Å². The van der Waals surface area contributed by atoms with E-state index in [0.717, 1.165) is 57.2 Å². The fourth-order valence-corrected chi connectivity index (χ4v) is 8.22. The highest BCUT2D eigenvalue weighted by Crippen LogP contribution is 2.44. The van der Waals surface area contributed by atoms with Gasteiger partial charge in [-0.05, 0) is 51.3 Å². The molecule has 0 saturated carbocycles. The van der Waals surface area contributed by atoms with Gasteiger partial charge in [-0.25, -0.2) is 8.78 Å². The largest absolute Gasteiger partial charge is 0.461 e. The maximum atomic E-state index is 17.0. The van der Waals surface area contributed by atoms with Crippen LogP contribution in [0.25, 0.3) is 39.0 Å². The van der Waals surface area contributed by atoms with Crippen LogP contribution in [-0.4, -0.2) is 81.8 Å². The smallest absolute Gasteiger partial charge is 0.319 e. The molecule has 3 atom stereocenters. The summed E-state index contributed by atoms with van der Waals surface area (Å²) in [6.45, 7) is 5.67. The summed E-state index contributed by atoms with van der Waals surface area (Å²) in [5.41, 5.74) is 2.04. The number of anilines is 1. The van der Waals surface area contributed by atoms with E-state index in [1.165, 1.54) is 0 Å². The molecule has 2 aromatic carbocycles. The molecule has 4 fully saturated rings. The lowest BCUT2D eigenvalue weighted by Crippen LogP contribution is -2.56. The van der Waals surface area contributed by atoms with Crippen molar-refractivity contribution in [1.82, 2.24) is 25.1 Å². The second-order valence-corrected chi connectivity index (χ2v) is 13.2. The average molecular weight is 621 g/mol. The molecule has 4 aliphatic heterocycles. The number of aromatic nitrogens is 4. The molecule has 0 radical (unpaired) electrons. The molecule has 8 rings (SSSR count). The molecular formula is C33H35ClF2N6O2. The van der Waals surface area contributed by atoms with Gasteiger partial charge in [0.1, 0.15) is 24.1 Å². The number of hydrogen-bond acceptors (Lipinski definition) is 7. The SMILES string of the molecule is C/C=C\c1c(Cl)cc2[nH]ncc2c1-c1ccc2c(N3CCC[C@]4(CCO4)C3)nc(OC[C@@]34CCCN3C[C@H](F)C4)nc2c1F. The number of ether oxygens (including phenoxy) is 2. The van der Waals surface area contributed by atoms with Gasteiger partial charge in [0.2, 0.25) is 0 Å². The molecule has 2 aromatic heterocycles. The van der Waals surface area contributed by atoms with E-state index in [4.69, 9.17) is 31.0 Å². The Morgan fingerprint density at radius 3 is 2.86 bits per heavy atom. The molecule has 1 N–H and O–H groups in total. The van der Waals surface area contributed by atoms with Gasteiger partial charge >= 0.3 is 6.01 Å². The number of benzene rings is 2. The Hall–Kier alpha value is -3.34. The molecule has 230 valence electrons. The van der Waals surface area contributed by atoms with E-state index in [9.17, 15) is 4.39 Å². The van der Waals surface area contributed by atoms with Gasteiger partial charge in [-0.2, -0.15) is 15.1 Å². The number of aromatic amines is 1. The Labute approximate surface area is 259 Å². The van der Waals surface area contributed by atoms with Gasteiger partial charge < -0.3 is 14.4 Å². The summed E-state index contributed by atoms with van der Waals surface area (Å²) >= 11 is 6.70. The number of nitrogens with one attached hydrogen (secondary N) is 1. The molecule has 0 amide bonds. The second kappa shape index (κ2) is 10.6. The number of H-pyrrole nitrogens is 1. The van der Waals surface area contributed by atoms with E-state index in [1.54, 1.807) is 18.3 Å². The molecule has 4 aromatic rings. The van der Waals surface area contributed by atoms with E-state index in [1.807, 2.05) is 25.1 Å². The van der Waals surface area contributed by atoms with Crippen molar-refractivity contribution in [1.29, 1.82) is 0 Å². The van der Waals surface area contributed by atoms with Gasteiger partial charge in [-0.15, -0.1) is 0 Å². The van der Waals surface area contributed by atoms with Gasteiger partial charge in [-0.1, -0.05) is 29.8 Å². The number of nitrogens with zero attached hydrogens (tertiary/aromatic N) is 5. The minimum absolute atomic E-state index is 0.106. The van der Waals surface area contributed by atoms with Crippen molar-refractivity contribution < 1.29 is 18.3 Å². The zero-order valence-corrected chi connectivity index (χ0v) is 25.5. The number of hydrogen-bond donors (Lipinski definition) is 1. The maximum Gasteiger partial charge on any atom is 0.319 e. The first-order chi connectivity index (χ1) is 21.4. The quantitative estimate of drug-likeness (QED) is 0.257. The molecule has 11 heteroatoms. The number of piperidine rings is 1. The lowest BCUT2D eigenvalue weighted by molar-refractivity contribution is -0.151. The van der Waals surface area contributed by atoms with Crippen LogP contribution < -0.4 is 9.64 Å². The first-order valence-electron chi connectivity index (χ1n) is 15.6. The van der Waals surface area contributed by atoms with Crippen LogP contribution in [0.15, 0.2) is 30.5 Å². The predicted molar refractivity (Wildman–Crippen MR) is 168 cm³/mol. The predicted octanol–water partition coefficient (Wildman–Crippen LogP) is 6.71. The average Bonchev–Trinajstić information content (AvgIpc) is 3.70. The third kappa shape index (κ3) is 4.48. The van der Waals surface area contributed by atoms with E-state index in [2.05, 4.69) is 20.0 Å². The fraction of sp³-hybridized carbons (Fsp3) is 0.485. The molecule has 4 aliphatic rings. The van der Waals surface area contributed by atoms with Crippen molar-refractivity contribution in [3.8, 4) is 17.1 Å². The summed E-state index contributed by atoms with van der Waals surface area (Å²) in [5, 5.41) is 9.03. The van der Waals surface area contributed by atoms with Crippen LogP contribution in [0.3, 0.4) is 0 Å². The Bertz CT molecular complexity index is 1790. The Balaban J connectivity index is 1.27. The Morgan fingerprint density at radius 1 is 1.18 bits per heavy atom. The minimum Gasteiger partial charge on any atom is -0.461 e. The van der Waals surface area contributed by atoms with E-state index in [-0.39, 0.29) is 29.3 Å². The van der Waals surface area contributed by atoms with Crippen molar-refractivity contribution in [2.45, 2.75) is 62.8 Å². The molecule has 8 nitrogen and oxygen atoms in total. The van der Waals surface area contributed by atoms with Crippen LogP contribution in [0.1, 0.15) is 51.0 Å². The topological polar surface area (TPSA) is 79.4 Å². The zero-order valence-electron chi connectivity index (χ0n) is 24.7. The monoisotopic (exact) mass is 620 g/mol. The van der Waals surface area contributed by atoms with Gasteiger partial charge in [0.15, 0.2) is 5.82 Å². The lowest BCUT2D eigenvalue weighted by Gasteiger charge is -2.48. The highest BCUT2D eigenvalue weighted by molar-refractivity contribution is 6.34. The van der Waals surface area contributed by atoms with E-state index < -0.39 is 12.0 Å². The number of alkyl halides is 1. The molecule has 44 heavy (non-hydrogen) atoms. The van der Waals surface area contributed by atoms with Crippen molar-refractivity contribution in [3.63, 3.8) is 0 Å². The van der Waals surface area contributed by atoms with Crippen LogP contribution in [0.5, 0.6) is 6.01 Å². The van der Waals surface area contributed by atoms with Crippen LogP contribution >= 0.6 is 11.6 Å². The number of halogens is 3. The highest BCUT2D eigenvalue weighted by atomic mass is 35.5. The van der Waals surface area contributed by atoms with Crippen LogP contribution in [0.2, 0.25) is 5.02 Å². The third-order valence-electron chi connectivity index (χ3n) is 10.1. The molecule has 1 spiro atoms. The normalized spacial score (nSPS) is 27.2. The summed E-state index contributed by atoms with van der Waals surface area (Å²) in [7, 11) is 0. The summed E-state index contributed by atoms with van der Waals surface area (Å²) in [6, 6.07) is 5.59. The molecule has 0 bridgehead atoms. The molecule has 0 aliphatic carbocycles. The summed E-state index contributed by atoms with van der Waals surface area (Å²) in [6.07, 6.45) is 9.83. The maximum absolute atomic E-state index is 17.0. The minimum atomic E-state index is -0.872. The summed E-state index contributed by atoms with van der Waals surface area (Å²) in [4.78, 5) is 14.0. The van der Waals surface area contributed by atoms with Crippen LogP contribution in [-0.2, 0) is 4.74 Å². The first kappa shape index (κ1) is 28.2. The Kier molecular flexibility index (Phi) is 6.80. The van der Waals surface area contributed by atoms with Crippen molar-refractivity contribution in [2.75, 3.05) is 44.3 Å². The number of rotatable bonds is 6. The molecule has 4 saturated heterocycles. The zero-order chi connectivity index (χ0) is 30.1. The Morgan fingerprint density at radius 2 is 2.05 bits per heavy atom.